The largest absolute Gasteiger partial charge is 0.227 e. The number of hydrogen-bond acceptors (Lipinski definition) is 4. The van der Waals surface area contributed by atoms with Gasteiger partial charge < -0.3 is 0 Å². The van der Waals surface area contributed by atoms with Crippen molar-refractivity contribution in [2.45, 2.75) is 0 Å². The third kappa shape index (κ3) is 4.00. The quantitative estimate of drug-likeness (QED) is 0.215. The first-order valence-electron chi connectivity index (χ1n) is 14.7. The van der Waals surface area contributed by atoms with Crippen LogP contribution in [0.25, 0.3) is 89.4 Å². The van der Waals surface area contributed by atoms with E-state index >= 15 is 0 Å². The van der Waals surface area contributed by atoms with Crippen LogP contribution in [0.2, 0.25) is 0 Å². The van der Waals surface area contributed by atoms with E-state index in [1.54, 1.807) is 0 Å². The molecule has 4 nitrogen and oxygen atoms in total. The van der Waals surface area contributed by atoms with E-state index in [1.807, 2.05) is 18.2 Å². The molecule has 0 spiro atoms. The zero-order chi connectivity index (χ0) is 29.0. The van der Waals surface area contributed by atoms with Crippen LogP contribution in [0.1, 0.15) is 0 Å². The highest BCUT2D eigenvalue weighted by molar-refractivity contribution is 6.11. The Bertz CT molecular complexity index is 2360. The van der Waals surface area contributed by atoms with E-state index in [0.717, 1.165) is 50.0 Å². The van der Waals surface area contributed by atoms with Crippen LogP contribution in [-0.4, -0.2) is 19.9 Å². The van der Waals surface area contributed by atoms with Crippen LogP contribution >= 0.6 is 0 Å². The molecule has 0 bridgehead atoms. The fraction of sp³-hybridized carbons (Fsp3) is 0. The summed E-state index contributed by atoms with van der Waals surface area (Å²) in [5, 5.41) is 3.23. The van der Waals surface area contributed by atoms with Gasteiger partial charge in [-0.15, -0.1) is 0 Å². The highest BCUT2D eigenvalue weighted by atomic mass is 15.0. The normalized spacial score (nSPS) is 11.6. The Morgan fingerprint density at radius 2 is 0.750 bits per heavy atom. The Labute approximate surface area is 254 Å². The van der Waals surface area contributed by atoms with Crippen molar-refractivity contribution in [3.05, 3.63) is 146 Å². The van der Waals surface area contributed by atoms with E-state index < -0.39 is 0 Å². The minimum absolute atomic E-state index is 0.659. The average Bonchev–Trinajstić information content (AvgIpc) is 3.42. The second-order valence-corrected chi connectivity index (χ2v) is 11.1. The molecule has 0 saturated carbocycles. The number of benzene rings is 6. The Morgan fingerprint density at radius 3 is 1.36 bits per heavy atom. The monoisotopic (exact) mass is 560 g/mol. The second-order valence-electron chi connectivity index (χ2n) is 11.1. The molecule has 0 atom stereocenters. The summed E-state index contributed by atoms with van der Waals surface area (Å²) in [4.78, 5) is 20.3. The third-order valence-electron chi connectivity index (χ3n) is 8.45. The summed E-state index contributed by atoms with van der Waals surface area (Å²) in [6, 6.07) is 50.6. The van der Waals surface area contributed by atoms with Crippen LogP contribution in [0.15, 0.2) is 146 Å². The molecule has 0 amide bonds. The maximum absolute atomic E-state index is 5.11. The van der Waals surface area contributed by atoms with Crippen molar-refractivity contribution in [3.63, 3.8) is 0 Å². The molecule has 8 aromatic rings. The van der Waals surface area contributed by atoms with Crippen molar-refractivity contribution in [2.24, 2.45) is 0 Å². The topological polar surface area (TPSA) is 51.6 Å². The van der Waals surface area contributed by atoms with E-state index in [1.165, 1.54) is 22.1 Å². The van der Waals surface area contributed by atoms with Crippen molar-refractivity contribution in [2.75, 3.05) is 0 Å². The van der Waals surface area contributed by atoms with Gasteiger partial charge in [-0.05, 0) is 45.2 Å². The summed E-state index contributed by atoms with van der Waals surface area (Å²) >= 11 is 0. The van der Waals surface area contributed by atoms with Crippen molar-refractivity contribution in [1.82, 2.24) is 19.9 Å². The van der Waals surface area contributed by atoms with Gasteiger partial charge in [0.1, 0.15) is 0 Å². The number of fused-ring (bicyclic) bond motifs is 4. The Kier molecular flexibility index (Phi) is 5.47. The van der Waals surface area contributed by atoms with Crippen LogP contribution in [-0.2, 0) is 0 Å². The molecule has 0 aliphatic heterocycles. The van der Waals surface area contributed by atoms with Gasteiger partial charge in [-0.25, -0.2) is 19.9 Å². The molecule has 4 heteroatoms. The number of rotatable bonds is 4. The molecule has 6 aromatic carbocycles. The lowest BCUT2D eigenvalue weighted by Gasteiger charge is -2.09. The highest BCUT2D eigenvalue weighted by Gasteiger charge is 2.27. The first-order chi connectivity index (χ1) is 21.8. The first-order valence-corrected chi connectivity index (χ1v) is 14.7. The summed E-state index contributed by atoms with van der Waals surface area (Å²) in [5.74, 6) is 1.32. The number of nitrogens with zero attached hydrogens (tertiary/aromatic N) is 4. The molecule has 1 aliphatic carbocycles. The van der Waals surface area contributed by atoms with Gasteiger partial charge in [-0.2, -0.15) is 0 Å². The maximum atomic E-state index is 5.11. The van der Waals surface area contributed by atoms with E-state index in [2.05, 4.69) is 127 Å². The van der Waals surface area contributed by atoms with Gasteiger partial charge in [0.2, 0.25) is 0 Å². The summed E-state index contributed by atoms with van der Waals surface area (Å²) < 4.78 is 0. The fourth-order valence-electron chi connectivity index (χ4n) is 6.22. The van der Waals surface area contributed by atoms with Crippen molar-refractivity contribution >= 4 is 21.8 Å². The van der Waals surface area contributed by atoms with Crippen LogP contribution in [0, 0.1) is 0 Å². The Balaban J connectivity index is 1.18. The van der Waals surface area contributed by atoms with Gasteiger partial charge >= 0.3 is 0 Å². The van der Waals surface area contributed by atoms with E-state index in [0.29, 0.717) is 17.3 Å². The zero-order valence-electron chi connectivity index (χ0n) is 23.6. The fourth-order valence-corrected chi connectivity index (χ4v) is 6.22. The van der Waals surface area contributed by atoms with Crippen LogP contribution < -0.4 is 0 Å². The van der Waals surface area contributed by atoms with Crippen molar-refractivity contribution in [1.29, 1.82) is 0 Å². The molecule has 0 unspecified atom stereocenters. The smallest absolute Gasteiger partial charge is 0.168 e. The molecule has 0 radical (unpaired) electrons. The lowest BCUT2D eigenvalue weighted by Crippen LogP contribution is -1.98. The van der Waals surface area contributed by atoms with E-state index in [4.69, 9.17) is 19.9 Å². The maximum Gasteiger partial charge on any atom is 0.168 e. The van der Waals surface area contributed by atoms with Gasteiger partial charge in [-0.1, -0.05) is 133 Å². The van der Waals surface area contributed by atoms with Crippen LogP contribution in [0.5, 0.6) is 0 Å². The van der Waals surface area contributed by atoms with E-state index in [9.17, 15) is 0 Å². The minimum atomic E-state index is 0.659. The molecule has 1 aliphatic rings. The van der Waals surface area contributed by atoms with Crippen LogP contribution in [0.3, 0.4) is 0 Å². The summed E-state index contributed by atoms with van der Waals surface area (Å²) in [5.41, 5.74) is 11.2. The highest BCUT2D eigenvalue weighted by Crippen LogP contribution is 2.45. The van der Waals surface area contributed by atoms with Crippen molar-refractivity contribution in [3.8, 4) is 67.5 Å². The van der Waals surface area contributed by atoms with Gasteiger partial charge in [0.15, 0.2) is 17.3 Å². The Morgan fingerprint density at radius 1 is 0.318 bits per heavy atom. The average molecular weight is 561 g/mol. The Hall–Kier alpha value is -6.00. The molecular weight excluding hydrogens is 536 g/mol. The summed E-state index contributed by atoms with van der Waals surface area (Å²) in [6.07, 6.45) is 0. The SMILES string of the molecule is c1ccc(-c2ccc(-c3nc4c5c(nc(-c6ccc7cc(-c8ccccc8)ccc7c6)nc5n3)-c3ccccc3-4)cc2)cc1. The molecule has 9 rings (SSSR count). The second kappa shape index (κ2) is 9.79. The van der Waals surface area contributed by atoms with Gasteiger partial charge in [0.05, 0.1) is 16.8 Å². The standard InChI is InChI=1S/C40H24N4/c1-3-9-25(10-4-1)27-15-17-28(18-16-27)38-41-36-33-13-7-8-14-34(33)37-35(36)40(43-38)44-39(42-37)32-22-21-30-23-29(19-20-31(30)24-32)26-11-5-2-6-12-26/h1-24H. The molecule has 2 heterocycles. The first kappa shape index (κ1) is 24.6. The lowest BCUT2D eigenvalue weighted by molar-refractivity contribution is 1.16. The number of aromatic nitrogens is 4. The van der Waals surface area contributed by atoms with Gasteiger partial charge in [0, 0.05) is 22.3 Å². The molecule has 44 heavy (non-hydrogen) atoms. The van der Waals surface area contributed by atoms with Gasteiger partial charge in [-0.3, -0.25) is 0 Å². The molecule has 204 valence electrons. The van der Waals surface area contributed by atoms with E-state index in [-0.39, 0.29) is 0 Å². The third-order valence-corrected chi connectivity index (χ3v) is 8.45. The van der Waals surface area contributed by atoms with Crippen molar-refractivity contribution < 1.29 is 0 Å². The summed E-state index contributed by atoms with van der Waals surface area (Å²) in [6.45, 7) is 0. The molecule has 2 aromatic heterocycles. The molecule has 0 N–H and O–H groups in total. The molecule has 0 saturated heterocycles. The predicted octanol–water partition coefficient (Wildman–Crippen LogP) is 9.89. The molecule has 0 fully saturated rings. The lowest BCUT2D eigenvalue weighted by atomic mass is 10.00. The van der Waals surface area contributed by atoms with Crippen LogP contribution in [0.4, 0.5) is 0 Å². The summed E-state index contributed by atoms with van der Waals surface area (Å²) in [7, 11) is 0. The minimum Gasteiger partial charge on any atom is -0.227 e. The predicted molar refractivity (Wildman–Crippen MR) is 179 cm³/mol. The number of hydrogen-bond donors (Lipinski definition) is 0. The van der Waals surface area contributed by atoms with Gasteiger partial charge in [0.25, 0.3) is 0 Å². The molecular formula is C40H24N4. The zero-order valence-corrected chi connectivity index (χ0v) is 23.6.